The van der Waals surface area contributed by atoms with Crippen LogP contribution in [0.3, 0.4) is 0 Å². The molecule has 2 rings (SSSR count). The number of carboxylic acids is 1. The van der Waals surface area contributed by atoms with Crippen LogP contribution in [0.2, 0.25) is 0 Å². The van der Waals surface area contributed by atoms with Crippen molar-refractivity contribution in [3.05, 3.63) is 23.9 Å². The van der Waals surface area contributed by atoms with Crippen molar-refractivity contribution in [3.63, 3.8) is 0 Å². The highest BCUT2D eigenvalue weighted by molar-refractivity contribution is 6.00. The number of hydrogen-bond donors (Lipinski definition) is 2. The molecule has 1 amide bonds. The van der Waals surface area contributed by atoms with Gasteiger partial charge in [-0.1, -0.05) is 0 Å². The van der Waals surface area contributed by atoms with Gasteiger partial charge in [-0.05, 0) is 25.0 Å². The zero-order chi connectivity index (χ0) is 12.3. The molecule has 0 aromatic carbocycles. The van der Waals surface area contributed by atoms with Gasteiger partial charge in [0.05, 0.1) is 0 Å². The SMILES string of the molecule is O=C(O)c1cccnc1NC(=O)[C@@H]1CCCO1. The molecule has 17 heavy (non-hydrogen) atoms. The van der Waals surface area contributed by atoms with Crippen LogP contribution in [-0.4, -0.2) is 34.7 Å². The first-order chi connectivity index (χ1) is 8.18. The highest BCUT2D eigenvalue weighted by Crippen LogP contribution is 2.16. The predicted molar refractivity (Wildman–Crippen MR) is 58.8 cm³/mol. The number of hydrogen-bond acceptors (Lipinski definition) is 4. The van der Waals surface area contributed by atoms with E-state index in [4.69, 9.17) is 9.84 Å². The first-order valence-corrected chi connectivity index (χ1v) is 5.29. The zero-order valence-corrected chi connectivity index (χ0v) is 9.05. The molecule has 0 unspecified atom stereocenters. The van der Waals surface area contributed by atoms with Crippen molar-refractivity contribution < 1.29 is 19.4 Å². The maximum atomic E-state index is 11.7. The van der Waals surface area contributed by atoms with Gasteiger partial charge in [0.15, 0.2) is 0 Å². The standard InChI is InChI=1S/C11H12N2O4/c14-10(8-4-2-6-17-8)13-9-7(11(15)16)3-1-5-12-9/h1,3,5,8H,2,4,6H2,(H,15,16)(H,12,13,14)/t8-/m0/s1. The van der Waals surface area contributed by atoms with Crippen LogP contribution in [-0.2, 0) is 9.53 Å². The quantitative estimate of drug-likeness (QED) is 0.813. The molecule has 1 aromatic rings. The maximum absolute atomic E-state index is 11.7. The van der Waals surface area contributed by atoms with Crippen molar-refractivity contribution in [2.45, 2.75) is 18.9 Å². The van der Waals surface area contributed by atoms with E-state index in [9.17, 15) is 9.59 Å². The molecule has 1 aliphatic rings. The van der Waals surface area contributed by atoms with Gasteiger partial charge in [-0.3, -0.25) is 4.79 Å². The van der Waals surface area contributed by atoms with Gasteiger partial charge in [-0.2, -0.15) is 0 Å². The van der Waals surface area contributed by atoms with Crippen molar-refractivity contribution in [1.29, 1.82) is 0 Å². The zero-order valence-electron chi connectivity index (χ0n) is 9.05. The largest absolute Gasteiger partial charge is 0.478 e. The van der Waals surface area contributed by atoms with Gasteiger partial charge in [0.2, 0.25) is 0 Å². The number of anilines is 1. The molecule has 0 radical (unpaired) electrons. The van der Waals surface area contributed by atoms with Crippen LogP contribution >= 0.6 is 0 Å². The molecular weight excluding hydrogens is 224 g/mol. The van der Waals surface area contributed by atoms with E-state index in [1.54, 1.807) is 0 Å². The number of carbonyl (C=O) groups excluding carboxylic acids is 1. The van der Waals surface area contributed by atoms with Crippen molar-refractivity contribution in [1.82, 2.24) is 4.98 Å². The first-order valence-electron chi connectivity index (χ1n) is 5.29. The van der Waals surface area contributed by atoms with Crippen molar-refractivity contribution in [2.24, 2.45) is 0 Å². The third-order valence-corrected chi connectivity index (χ3v) is 2.50. The summed E-state index contributed by atoms with van der Waals surface area (Å²) in [5.74, 6) is -1.41. The second kappa shape index (κ2) is 4.92. The normalized spacial score (nSPS) is 18.9. The molecule has 1 fully saturated rings. The Hall–Kier alpha value is -1.95. The lowest BCUT2D eigenvalue weighted by Crippen LogP contribution is -2.28. The number of nitrogens with one attached hydrogen (secondary N) is 1. The van der Waals surface area contributed by atoms with Gasteiger partial charge in [0, 0.05) is 12.8 Å². The number of nitrogens with zero attached hydrogens (tertiary/aromatic N) is 1. The minimum absolute atomic E-state index is 0.0288. The number of rotatable bonds is 3. The summed E-state index contributed by atoms with van der Waals surface area (Å²) < 4.78 is 5.20. The second-order valence-corrected chi connectivity index (χ2v) is 3.70. The predicted octanol–water partition coefficient (Wildman–Crippen LogP) is 0.897. The Bertz CT molecular complexity index is 441. The lowest BCUT2D eigenvalue weighted by Gasteiger charge is -2.10. The van der Waals surface area contributed by atoms with E-state index in [1.807, 2.05) is 0 Å². The minimum atomic E-state index is -1.12. The van der Waals surface area contributed by atoms with Gasteiger partial charge >= 0.3 is 5.97 Å². The lowest BCUT2D eigenvalue weighted by molar-refractivity contribution is -0.124. The Morgan fingerprint density at radius 1 is 1.53 bits per heavy atom. The molecule has 0 saturated carbocycles. The fourth-order valence-corrected chi connectivity index (χ4v) is 1.66. The number of carbonyl (C=O) groups is 2. The summed E-state index contributed by atoms with van der Waals surface area (Å²) in [5, 5.41) is 11.4. The second-order valence-electron chi connectivity index (χ2n) is 3.70. The Balaban J connectivity index is 2.12. The fraction of sp³-hybridized carbons (Fsp3) is 0.364. The molecule has 2 N–H and O–H groups in total. The minimum Gasteiger partial charge on any atom is -0.478 e. The molecule has 1 aromatic heterocycles. The smallest absolute Gasteiger partial charge is 0.339 e. The monoisotopic (exact) mass is 236 g/mol. The summed E-state index contributed by atoms with van der Waals surface area (Å²) in [6.45, 7) is 0.562. The highest BCUT2D eigenvalue weighted by atomic mass is 16.5. The number of pyridine rings is 1. The number of aromatic carboxylic acids is 1. The van der Waals surface area contributed by atoms with Crippen molar-refractivity contribution in [3.8, 4) is 0 Å². The maximum Gasteiger partial charge on any atom is 0.339 e. The number of amides is 1. The number of aromatic nitrogens is 1. The molecule has 1 atom stereocenters. The molecule has 0 spiro atoms. The van der Waals surface area contributed by atoms with Crippen molar-refractivity contribution >= 4 is 17.7 Å². The van der Waals surface area contributed by atoms with Gasteiger partial charge < -0.3 is 15.2 Å². The summed E-state index contributed by atoms with van der Waals surface area (Å²) in [6.07, 6.45) is 2.42. The third kappa shape index (κ3) is 2.59. The molecule has 2 heterocycles. The molecule has 1 saturated heterocycles. The van der Waals surface area contributed by atoms with E-state index < -0.39 is 12.1 Å². The van der Waals surface area contributed by atoms with Crippen molar-refractivity contribution in [2.75, 3.05) is 11.9 Å². The molecule has 0 aliphatic carbocycles. The van der Waals surface area contributed by atoms with E-state index in [0.29, 0.717) is 13.0 Å². The summed E-state index contributed by atoms with van der Waals surface area (Å²) in [7, 11) is 0. The Morgan fingerprint density at radius 2 is 2.35 bits per heavy atom. The molecule has 0 bridgehead atoms. The Labute approximate surface area is 97.6 Å². The van der Waals surface area contributed by atoms with E-state index in [1.165, 1.54) is 18.3 Å². The van der Waals surface area contributed by atoms with E-state index in [0.717, 1.165) is 6.42 Å². The topological polar surface area (TPSA) is 88.5 Å². The summed E-state index contributed by atoms with van der Waals surface area (Å²) in [4.78, 5) is 26.5. The number of ether oxygens (including phenoxy) is 1. The Kier molecular flexibility index (Phi) is 3.34. The van der Waals surface area contributed by atoms with Crippen LogP contribution in [0.25, 0.3) is 0 Å². The van der Waals surface area contributed by atoms with Crippen LogP contribution in [0.1, 0.15) is 23.2 Å². The summed E-state index contributed by atoms with van der Waals surface area (Å²) in [5.41, 5.74) is -0.0288. The van der Waals surface area contributed by atoms with Gasteiger partial charge in [-0.15, -0.1) is 0 Å². The number of carboxylic acid groups (broad SMARTS) is 1. The molecule has 1 aliphatic heterocycles. The lowest BCUT2D eigenvalue weighted by atomic mass is 10.2. The van der Waals surface area contributed by atoms with Crippen LogP contribution in [0.5, 0.6) is 0 Å². The van der Waals surface area contributed by atoms with E-state index in [2.05, 4.69) is 10.3 Å². The Morgan fingerprint density at radius 3 is 3.00 bits per heavy atom. The third-order valence-electron chi connectivity index (χ3n) is 2.50. The van der Waals surface area contributed by atoms with Crippen LogP contribution in [0.4, 0.5) is 5.82 Å². The summed E-state index contributed by atoms with van der Waals surface area (Å²) in [6, 6.07) is 2.89. The average Bonchev–Trinajstić information content (AvgIpc) is 2.83. The van der Waals surface area contributed by atoms with E-state index in [-0.39, 0.29) is 17.3 Å². The van der Waals surface area contributed by atoms with Crippen LogP contribution in [0.15, 0.2) is 18.3 Å². The average molecular weight is 236 g/mol. The van der Waals surface area contributed by atoms with Gasteiger partial charge in [-0.25, -0.2) is 9.78 Å². The molecule has 6 nitrogen and oxygen atoms in total. The molecule has 90 valence electrons. The molecule has 6 heteroatoms. The van der Waals surface area contributed by atoms with Crippen LogP contribution < -0.4 is 5.32 Å². The van der Waals surface area contributed by atoms with Gasteiger partial charge in [0.25, 0.3) is 5.91 Å². The first kappa shape index (κ1) is 11.5. The summed E-state index contributed by atoms with van der Waals surface area (Å²) >= 11 is 0. The van der Waals surface area contributed by atoms with E-state index >= 15 is 0 Å². The van der Waals surface area contributed by atoms with Gasteiger partial charge in [0.1, 0.15) is 17.5 Å². The molecular formula is C11H12N2O4. The van der Waals surface area contributed by atoms with Crippen LogP contribution in [0, 0.1) is 0 Å². The highest BCUT2D eigenvalue weighted by Gasteiger charge is 2.25. The fourth-order valence-electron chi connectivity index (χ4n) is 1.66.